The number of hydrogen-bond donors (Lipinski definition) is 2. The van der Waals surface area contributed by atoms with Crippen molar-refractivity contribution < 1.29 is 9.47 Å². The lowest BCUT2D eigenvalue weighted by molar-refractivity contribution is 0.330. The van der Waals surface area contributed by atoms with Gasteiger partial charge in [0.2, 0.25) is 0 Å². The Morgan fingerprint density at radius 1 is 1.18 bits per heavy atom. The molecule has 6 heteroatoms. The van der Waals surface area contributed by atoms with Gasteiger partial charge in [0.25, 0.3) is 0 Å². The average Bonchev–Trinajstić information content (AvgIpc) is 2.52. The van der Waals surface area contributed by atoms with Gasteiger partial charge < -0.3 is 14.8 Å². The van der Waals surface area contributed by atoms with Crippen LogP contribution in [0, 0.1) is 0 Å². The van der Waals surface area contributed by atoms with Crippen LogP contribution in [0.5, 0.6) is 11.5 Å². The first-order valence-corrected chi connectivity index (χ1v) is 8.01. The molecule has 0 saturated heterocycles. The van der Waals surface area contributed by atoms with Crippen LogP contribution in [0.15, 0.2) is 23.3 Å². The molecule has 0 bridgehead atoms. The third kappa shape index (κ3) is 5.89. The molecule has 0 unspecified atom stereocenters. The minimum Gasteiger partial charge on any atom is -0.494 e. The molecule has 122 valence electrons. The van der Waals surface area contributed by atoms with E-state index in [1.54, 1.807) is 0 Å². The Morgan fingerprint density at radius 3 is 2.55 bits per heavy atom. The monoisotopic (exact) mass is 323 g/mol. The van der Waals surface area contributed by atoms with Gasteiger partial charge in [-0.1, -0.05) is 6.92 Å². The highest BCUT2D eigenvalue weighted by atomic mass is 32.1. The smallest absolute Gasteiger partial charge is 0.186 e. The Hall–Kier alpha value is -1.82. The number of thiocarbonyl (C=S) groups is 1. The van der Waals surface area contributed by atoms with Crippen LogP contribution in [0.2, 0.25) is 0 Å². The van der Waals surface area contributed by atoms with E-state index >= 15 is 0 Å². The number of ether oxygens (including phenoxy) is 2. The predicted molar refractivity (Wildman–Crippen MR) is 95.0 cm³/mol. The molecule has 1 aromatic rings. The van der Waals surface area contributed by atoms with Crippen LogP contribution < -0.4 is 20.2 Å². The number of benzene rings is 1. The van der Waals surface area contributed by atoms with E-state index in [0.29, 0.717) is 18.3 Å². The van der Waals surface area contributed by atoms with Crippen molar-refractivity contribution in [1.82, 2.24) is 10.7 Å². The highest BCUT2D eigenvalue weighted by molar-refractivity contribution is 7.80. The Morgan fingerprint density at radius 2 is 1.91 bits per heavy atom. The molecule has 0 aliphatic heterocycles. The largest absolute Gasteiger partial charge is 0.494 e. The van der Waals surface area contributed by atoms with Crippen molar-refractivity contribution in [2.24, 2.45) is 5.10 Å². The van der Waals surface area contributed by atoms with E-state index in [1.807, 2.05) is 39.0 Å². The third-order valence-corrected chi connectivity index (χ3v) is 3.05. The summed E-state index contributed by atoms with van der Waals surface area (Å²) in [5, 5.41) is 7.90. The van der Waals surface area contributed by atoms with E-state index in [4.69, 9.17) is 21.7 Å². The third-order valence-electron chi connectivity index (χ3n) is 2.81. The van der Waals surface area contributed by atoms with Crippen LogP contribution in [-0.4, -0.2) is 30.6 Å². The molecule has 0 aliphatic carbocycles. The van der Waals surface area contributed by atoms with Gasteiger partial charge in [-0.25, -0.2) is 0 Å². The SMILES string of the molecule is CCCNC(=S)N/N=C(/C)c1cc(OCC)ccc1OCC. The molecule has 0 radical (unpaired) electrons. The Labute approximate surface area is 138 Å². The lowest BCUT2D eigenvalue weighted by atomic mass is 10.1. The number of nitrogens with one attached hydrogen (secondary N) is 2. The number of rotatable bonds is 8. The molecule has 22 heavy (non-hydrogen) atoms. The minimum absolute atomic E-state index is 0.514. The van der Waals surface area contributed by atoms with Gasteiger partial charge in [-0.3, -0.25) is 5.43 Å². The topological polar surface area (TPSA) is 54.9 Å². The van der Waals surface area contributed by atoms with Gasteiger partial charge in [0, 0.05) is 12.1 Å². The van der Waals surface area contributed by atoms with E-state index < -0.39 is 0 Å². The van der Waals surface area contributed by atoms with Gasteiger partial charge in [0.15, 0.2) is 5.11 Å². The molecule has 1 aromatic carbocycles. The summed E-state index contributed by atoms with van der Waals surface area (Å²) in [5.74, 6) is 1.57. The van der Waals surface area contributed by atoms with Crippen molar-refractivity contribution in [3.05, 3.63) is 23.8 Å². The molecule has 1 rings (SSSR count). The summed E-state index contributed by atoms with van der Waals surface area (Å²) in [6.07, 6.45) is 1.01. The predicted octanol–water partition coefficient (Wildman–Crippen LogP) is 3.08. The lowest BCUT2D eigenvalue weighted by Gasteiger charge is -2.13. The van der Waals surface area contributed by atoms with Crippen LogP contribution in [0.4, 0.5) is 0 Å². The zero-order valence-corrected chi connectivity index (χ0v) is 14.5. The highest BCUT2D eigenvalue weighted by Crippen LogP contribution is 2.25. The molecule has 0 saturated carbocycles. The second-order valence-corrected chi connectivity index (χ2v) is 5.00. The quantitative estimate of drug-likeness (QED) is 0.437. The van der Waals surface area contributed by atoms with Crippen LogP contribution in [0.3, 0.4) is 0 Å². The first-order valence-electron chi connectivity index (χ1n) is 7.60. The van der Waals surface area contributed by atoms with Gasteiger partial charge in [0.05, 0.1) is 18.9 Å². The maximum absolute atomic E-state index is 5.65. The summed E-state index contributed by atoms with van der Waals surface area (Å²) in [6.45, 7) is 9.93. The molecular weight excluding hydrogens is 298 g/mol. The standard InChI is InChI=1S/C16H25N3O2S/c1-5-10-17-16(22)19-18-12(4)14-11-13(20-6-2)8-9-15(14)21-7-3/h8-9,11H,5-7,10H2,1-4H3,(H2,17,19,22)/b18-12-. The van der Waals surface area contributed by atoms with E-state index in [9.17, 15) is 0 Å². The Bertz CT molecular complexity index is 518. The van der Waals surface area contributed by atoms with Crippen molar-refractivity contribution >= 4 is 23.0 Å². The molecule has 0 spiro atoms. The molecule has 0 amide bonds. The van der Waals surface area contributed by atoms with Gasteiger partial charge in [-0.05, 0) is 57.6 Å². The van der Waals surface area contributed by atoms with Crippen molar-refractivity contribution in [3.63, 3.8) is 0 Å². The van der Waals surface area contributed by atoms with Crippen LogP contribution in [0.1, 0.15) is 39.7 Å². The number of nitrogens with zero attached hydrogens (tertiary/aromatic N) is 1. The van der Waals surface area contributed by atoms with Crippen LogP contribution >= 0.6 is 12.2 Å². The normalized spacial score (nSPS) is 11.0. The summed E-state index contributed by atoms with van der Waals surface area (Å²) in [5.41, 5.74) is 4.52. The zero-order chi connectivity index (χ0) is 16.4. The van der Waals surface area contributed by atoms with Gasteiger partial charge in [-0.15, -0.1) is 0 Å². The van der Waals surface area contributed by atoms with Gasteiger partial charge in [0.1, 0.15) is 11.5 Å². The molecule has 5 nitrogen and oxygen atoms in total. The summed E-state index contributed by atoms with van der Waals surface area (Å²) in [4.78, 5) is 0. The van der Waals surface area contributed by atoms with E-state index in [2.05, 4.69) is 22.8 Å². The molecule has 0 aliphatic rings. The van der Waals surface area contributed by atoms with Gasteiger partial charge >= 0.3 is 0 Å². The summed E-state index contributed by atoms with van der Waals surface area (Å²) in [7, 11) is 0. The zero-order valence-electron chi connectivity index (χ0n) is 13.7. The Kier molecular flexibility index (Phi) is 8.28. The Balaban J connectivity index is 2.90. The van der Waals surface area contributed by atoms with Crippen molar-refractivity contribution in [1.29, 1.82) is 0 Å². The van der Waals surface area contributed by atoms with Crippen molar-refractivity contribution in [2.45, 2.75) is 34.1 Å². The van der Waals surface area contributed by atoms with E-state index in [0.717, 1.165) is 35.7 Å². The molecule has 2 N–H and O–H groups in total. The lowest BCUT2D eigenvalue weighted by Crippen LogP contribution is -2.33. The summed E-state index contributed by atoms with van der Waals surface area (Å²) in [6, 6.07) is 5.72. The van der Waals surface area contributed by atoms with E-state index in [-0.39, 0.29) is 0 Å². The highest BCUT2D eigenvalue weighted by Gasteiger charge is 2.09. The maximum Gasteiger partial charge on any atom is 0.186 e. The fourth-order valence-corrected chi connectivity index (χ4v) is 1.95. The molecule has 0 heterocycles. The summed E-state index contributed by atoms with van der Waals surface area (Å²) >= 11 is 5.15. The molecule has 0 atom stereocenters. The first kappa shape index (κ1) is 18.2. The molecule has 0 fully saturated rings. The fourth-order valence-electron chi connectivity index (χ4n) is 1.80. The second-order valence-electron chi connectivity index (χ2n) is 4.59. The number of hydrogen-bond acceptors (Lipinski definition) is 4. The van der Waals surface area contributed by atoms with Crippen LogP contribution in [-0.2, 0) is 0 Å². The first-order chi connectivity index (χ1) is 10.6. The second kappa shape index (κ2) is 10.00. The van der Waals surface area contributed by atoms with Crippen molar-refractivity contribution in [2.75, 3.05) is 19.8 Å². The molecule has 0 aromatic heterocycles. The van der Waals surface area contributed by atoms with E-state index in [1.165, 1.54) is 0 Å². The molecular formula is C16H25N3O2S. The minimum atomic E-state index is 0.514. The van der Waals surface area contributed by atoms with Crippen molar-refractivity contribution in [3.8, 4) is 11.5 Å². The maximum atomic E-state index is 5.65. The van der Waals surface area contributed by atoms with Crippen LogP contribution in [0.25, 0.3) is 0 Å². The van der Waals surface area contributed by atoms with Gasteiger partial charge in [-0.2, -0.15) is 5.10 Å². The average molecular weight is 323 g/mol. The number of hydrazone groups is 1. The fraction of sp³-hybridized carbons (Fsp3) is 0.500. The summed E-state index contributed by atoms with van der Waals surface area (Å²) < 4.78 is 11.2.